The number of hydrogen-bond acceptors (Lipinski definition) is 6. The Hall–Kier alpha value is -3.58. The van der Waals surface area contributed by atoms with Crippen LogP contribution in [0.25, 0.3) is 0 Å². The number of halogens is 1. The maximum Gasteiger partial charge on any atom is 0.262 e. The molecule has 0 saturated carbocycles. The van der Waals surface area contributed by atoms with Crippen molar-refractivity contribution in [3.63, 3.8) is 0 Å². The van der Waals surface area contributed by atoms with E-state index >= 15 is 0 Å². The van der Waals surface area contributed by atoms with Crippen LogP contribution in [0.5, 0.6) is 11.5 Å². The number of nitrogens with one attached hydrogen (secondary N) is 1. The molecule has 5 rings (SSSR count). The number of allylic oxidation sites excluding steroid dienone is 4. The van der Waals surface area contributed by atoms with Crippen LogP contribution in [0.1, 0.15) is 56.9 Å². The van der Waals surface area contributed by atoms with Crippen LogP contribution in [0.2, 0.25) is 5.02 Å². The summed E-state index contributed by atoms with van der Waals surface area (Å²) in [5.41, 5.74) is 2.55. The molecule has 192 valence electrons. The van der Waals surface area contributed by atoms with Gasteiger partial charge in [-0.15, -0.1) is 0 Å². The molecule has 2 aromatic carbocycles. The fourth-order valence-corrected chi connectivity index (χ4v) is 5.24. The average Bonchev–Trinajstić information content (AvgIpc) is 2.89. The van der Waals surface area contributed by atoms with Gasteiger partial charge in [-0.3, -0.25) is 14.4 Å². The molecule has 0 radical (unpaired) electrons. The molecule has 7 nitrogen and oxygen atoms in total. The molecule has 1 aliphatic heterocycles. The van der Waals surface area contributed by atoms with Crippen molar-refractivity contribution in [3.05, 3.63) is 75.7 Å². The average molecular weight is 522 g/mol. The molecule has 2 aromatic rings. The molecule has 0 spiro atoms. The van der Waals surface area contributed by atoms with Crippen molar-refractivity contribution in [2.24, 2.45) is 0 Å². The monoisotopic (exact) mass is 521 g/mol. The van der Waals surface area contributed by atoms with Crippen molar-refractivity contribution < 1.29 is 28.6 Å². The predicted molar refractivity (Wildman–Crippen MR) is 139 cm³/mol. The highest BCUT2D eigenvalue weighted by molar-refractivity contribution is 6.30. The fraction of sp³-hybridized carbons (Fsp3) is 0.345. The SMILES string of the molecule is CCOc1cc(C2C3=C(CCCC3=O)OC3=C2C(=O)CCC3)ccc1OCC(=O)Nc1ccc(Cl)cc1. The molecule has 0 aromatic heterocycles. The summed E-state index contributed by atoms with van der Waals surface area (Å²) in [7, 11) is 0. The van der Waals surface area contributed by atoms with E-state index in [1.807, 2.05) is 19.1 Å². The Balaban J connectivity index is 1.42. The van der Waals surface area contributed by atoms with Crippen molar-refractivity contribution in [2.75, 3.05) is 18.5 Å². The molecule has 0 fully saturated rings. The molecule has 1 heterocycles. The summed E-state index contributed by atoms with van der Waals surface area (Å²) in [4.78, 5) is 38.5. The van der Waals surface area contributed by atoms with Crippen LogP contribution >= 0.6 is 11.6 Å². The quantitative estimate of drug-likeness (QED) is 0.489. The highest BCUT2D eigenvalue weighted by atomic mass is 35.5. The van der Waals surface area contributed by atoms with Crippen molar-refractivity contribution in [2.45, 2.75) is 51.4 Å². The maximum atomic E-state index is 13.0. The Morgan fingerprint density at radius 3 is 2.19 bits per heavy atom. The van der Waals surface area contributed by atoms with Gasteiger partial charge in [-0.1, -0.05) is 17.7 Å². The number of amides is 1. The number of rotatable bonds is 7. The van der Waals surface area contributed by atoms with Crippen LogP contribution in [-0.2, 0) is 19.1 Å². The highest BCUT2D eigenvalue weighted by Crippen LogP contribution is 2.48. The zero-order valence-corrected chi connectivity index (χ0v) is 21.4. The summed E-state index contributed by atoms with van der Waals surface area (Å²) in [6, 6.07) is 12.2. The van der Waals surface area contributed by atoms with Gasteiger partial charge in [0.25, 0.3) is 5.91 Å². The Morgan fingerprint density at radius 1 is 0.919 bits per heavy atom. The molecule has 1 N–H and O–H groups in total. The summed E-state index contributed by atoms with van der Waals surface area (Å²) >= 11 is 5.90. The first-order chi connectivity index (χ1) is 17.9. The highest BCUT2D eigenvalue weighted by Gasteiger charge is 2.42. The predicted octanol–water partition coefficient (Wildman–Crippen LogP) is 5.88. The van der Waals surface area contributed by atoms with E-state index in [0.29, 0.717) is 77.2 Å². The van der Waals surface area contributed by atoms with Crippen LogP contribution in [0.4, 0.5) is 5.69 Å². The van der Waals surface area contributed by atoms with Gasteiger partial charge in [-0.2, -0.15) is 0 Å². The molecule has 0 saturated heterocycles. The van der Waals surface area contributed by atoms with Gasteiger partial charge in [0.2, 0.25) is 0 Å². The van der Waals surface area contributed by atoms with E-state index in [1.54, 1.807) is 30.3 Å². The Labute approximate surface area is 220 Å². The number of ketones is 2. The van der Waals surface area contributed by atoms with E-state index < -0.39 is 5.92 Å². The van der Waals surface area contributed by atoms with Crippen LogP contribution in [0, 0.1) is 0 Å². The Kier molecular flexibility index (Phi) is 7.33. The van der Waals surface area contributed by atoms with Gasteiger partial charge in [-0.25, -0.2) is 0 Å². The van der Waals surface area contributed by atoms with Crippen molar-refractivity contribution >= 4 is 34.8 Å². The van der Waals surface area contributed by atoms with Gasteiger partial charge >= 0.3 is 0 Å². The van der Waals surface area contributed by atoms with Crippen LogP contribution in [-0.4, -0.2) is 30.7 Å². The van der Waals surface area contributed by atoms with Crippen molar-refractivity contribution in [1.82, 2.24) is 0 Å². The summed E-state index contributed by atoms with van der Waals surface area (Å²) in [6.07, 6.45) is 3.75. The molecule has 37 heavy (non-hydrogen) atoms. The molecule has 0 unspecified atom stereocenters. The first-order valence-electron chi connectivity index (χ1n) is 12.6. The van der Waals surface area contributed by atoms with Crippen LogP contribution in [0.15, 0.2) is 65.1 Å². The second kappa shape index (κ2) is 10.8. The third-order valence-corrected chi connectivity index (χ3v) is 6.98. The van der Waals surface area contributed by atoms with Gasteiger partial charge in [0.15, 0.2) is 29.7 Å². The number of anilines is 1. The van der Waals surface area contributed by atoms with E-state index in [-0.39, 0.29) is 24.1 Å². The lowest BCUT2D eigenvalue weighted by atomic mass is 9.73. The number of ether oxygens (including phenoxy) is 3. The lowest BCUT2D eigenvalue weighted by Crippen LogP contribution is -2.30. The molecule has 0 atom stereocenters. The zero-order chi connectivity index (χ0) is 25.9. The number of Topliss-reactive ketones (excluding diaryl/α,β-unsaturated/α-hetero) is 2. The minimum atomic E-state index is -0.485. The van der Waals surface area contributed by atoms with E-state index in [0.717, 1.165) is 18.4 Å². The molecule has 1 amide bonds. The smallest absolute Gasteiger partial charge is 0.262 e. The summed E-state index contributed by atoms with van der Waals surface area (Å²) in [5.74, 6) is 1.45. The molecular formula is C29H28ClNO6. The van der Waals surface area contributed by atoms with Gasteiger partial charge < -0.3 is 19.5 Å². The van der Waals surface area contributed by atoms with Crippen LogP contribution in [0.3, 0.4) is 0 Å². The van der Waals surface area contributed by atoms with Crippen LogP contribution < -0.4 is 14.8 Å². The van der Waals surface area contributed by atoms with E-state index in [1.165, 1.54) is 0 Å². The molecule has 2 aliphatic carbocycles. The lowest BCUT2D eigenvalue weighted by molar-refractivity contribution is -0.119. The number of carbonyl (C=O) groups excluding carboxylic acids is 3. The number of carbonyl (C=O) groups is 3. The topological polar surface area (TPSA) is 90.9 Å². The Morgan fingerprint density at radius 2 is 1.57 bits per heavy atom. The fourth-order valence-electron chi connectivity index (χ4n) is 5.12. The van der Waals surface area contributed by atoms with Crippen molar-refractivity contribution in [3.8, 4) is 11.5 Å². The van der Waals surface area contributed by atoms with Gasteiger partial charge in [0.05, 0.1) is 6.61 Å². The second-order valence-corrected chi connectivity index (χ2v) is 9.68. The first kappa shape index (κ1) is 25.1. The third-order valence-electron chi connectivity index (χ3n) is 6.73. The summed E-state index contributed by atoms with van der Waals surface area (Å²) < 4.78 is 17.8. The van der Waals surface area contributed by atoms with E-state index in [2.05, 4.69) is 5.32 Å². The maximum absolute atomic E-state index is 13.0. The van der Waals surface area contributed by atoms with Gasteiger partial charge in [-0.05, 0) is 61.7 Å². The van der Waals surface area contributed by atoms with Gasteiger partial charge in [0, 0.05) is 53.5 Å². The zero-order valence-electron chi connectivity index (χ0n) is 20.6. The summed E-state index contributed by atoms with van der Waals surface area (Å²) in [6.45, 7) is 2.01. The minimum Gasteiger partial charge on any atom is -0.490 e. The number of benzene rings is 2. The molecule has 3 aliphatic rings. The van der Waals surface area contributed by atoms with E-state index in [9.17, 15) is 14.4 Å². The number of hydrogen-bond donors (Lipinski definition) is 1. The lowest BCUT2D eigenvalue weighted by Gasteiger charge is -2.36. The third kappa shape index (κ3) is 5.27. The second-order valence-electron chi connectivity index (χ2n) is 9.25. The van der Waals surface area contributed by atoms with E-state index in [4.69, 9.17) is 25.8 Å². The van der Waals surface area contributed by atoms with Crippen molar-refractivity contribution in [1.29, 1.82) is 0 Å². The molecular weight excluding hydrogens is 494 g/mol. The standard InChI is InChI=1S/C29H28ClNO6/c1-2-35-25-15-17(9-14-22(25)36-16-26(34)31-19-12-10-18(30)11-13-19)27-28-20(32)5-3-7-23(28)37-24-8-4-6-21(33)29(24)27/h9-15,27H,2-8,16H2,1H3,(H,31,34). The normalized spacial score (nSPS) is 17.7. The molecule has 8 heteroatoms. The molecule has 0 bridgehead atoms. The Bertz CT molecular complexity index is 1270. The minimum absolute atomic E-state index is 0.0216. The largest absolute Gasteiger partial charge is 0.490 e. The summed E-state index contributed by atoms with van der Waals surface area (Å²) in [5, 5.41) is 3.34. The van der Waals surface area contributed by atoms with Gasteiger partial charge in [0.1, 0.15) is 11.5 Å². The first-order valence-corrected chi connectivity index (χ1v) is 13.0.